The molecule has 0 amide bonds. The van der Waals surface area contributed by atoms with E-state index in [1.54, 1.807) is 0 Å². The summed E-state index contributed by atoms with van der Waals surface area (Å²) in [6.07, 6.45) is 6.25. The second-order valence-electron chi connectivity index (χ2n) is 5.98. The molecule has 0 aliphatic heterocycles. The van der Waals surface area contributed by atoms with Gasteiger partial charge < -0.3 is 10.5 Å². The molecule has 1 saturated carbocycles. The van der Waals surface area contributed by atoms with Crippen molar-refractivity contribution >= 4 is 5.97 Å². The molecule has 94 valence electrons. The maximum absolute atomic E-state index is 11.7. The van der Waals surface area contributed by atoms with E-state index in [9.17, 15) is 4.79 Å². The summed E-state index contributed by atoms with van der Waals surface area (Å²) in [5.41, 5.74) is 5.62. The molecule has 1 aliphatic rings. The Morgan fingerprint density at radius 3 is 2.38 bits per heavy atom. The first kappa shape index (κ1) is 13.5. The predicted octanol–water partition coefficient (Wildman–Crippen LogP) is 2.48. The Hall–Kier alpha value is -0.570. The van der Waals surface area contributed by atoms with Crippen LogP contribution < -0.4 is 5.73 Å². The number of hydrogen-bond donors (Lipinski definition) is 1. The topological polar surface area (TPSA) is 52.3 Å². The van der Waals surface area contributed by atoms with Crippen LogP contribution in [0.2, 0.25) is 0 Å². The van der Waals surface area contributed by atoms with Gasteiger partial charge in [0.25, 0.3) is 0 Å². The summed E-state index contributed by atoms with van der Waals surface area (Å²) >= 11 is 0. The van der Waals surface area contributed by atoms with Crippen molar-refractivity contribution in [3.05, 3.63) is 0 Å². The summed E-state index contributed by atoms with van der Waals surface area (Å²) in [6, 6.07) is -0.518. The SMILES string of the molecule is CC(C)(C)[C@H](N)C(=O)OCC1CCCCC1. The van der Waals surface area contributed by atoms with Crippen LogP contribution in [0.25, 0.3) is 0 Å². The molecule has 0 radical (unpaired) electrons. The normalized spacial score (nSPS) is 20.5. The Morgan fingerprint density at radius 2 is 1.88 bits per heavy atom. The fourth-order valence-corrected chi connectivity index (χ4v) is 2.00. The fraction of sp³-hybridized carbons (Fsp3) is 0.923. The fourth-order valence-electron chi connectivity index (χ4n) is 2.00. The Morgan fingerprint density at radius 1 is 1.31 bits per heavy atom. The van der Waals surface area contributed by atoms with Crippen LogP contribution in [0.3, 0.4) is 0 Å². The molecular formula is C13H25NO2. The zero-order valence-corrected chi connectivity index (χ0v) is 10.8. The van der Waals surface area contributed by atoms with Crippen molar-refractivity contribution in [2.75, 3.05) is 6.61 Å². The van der Waals surface area contributed by atoms with Gasteiger partial charge in [-0.25, -0.2) is 0 Å². The molecule has 2 N–H and O–H groups in total. The molecule has 1 atom stereocenters. The number of carbonyl (C=O) groups excluding carboxylic acids is 1. The third-order valence-corrected chi connectivity index (χ3v) is 3.37. The summed E-state index contributed by atoms with van der Waals surface area (Å²) in [5.74, 6) is 0.308. The quantitative estimate of drug-likeness (QED) is 0.754. The van der Waals surface area contributed by atoms with E-state index < -0.39 is 6.04 Å². The molecule has 0 bridgehead atoms. The van der Waals surface area contributed by atoms with Crippen LogP contribution in [-0.4, -0.2) is 18.6 Å². The number of esters is 1. The van der Waals surface area contributed by atoms with Gasteiger partial charge in [-0.2, -0.15) is 0 Å². The molecule has 1 fully saturated rings. The summed E-state index contributed by atoms with van der Waals surface area (Å²) in [5, 5.41) is 0. The van der Waals surface area contributed by atoms with E-state index >= 15 is 0 Å². The molecule has 0 aromatic rings. The average molecular weight is 227 g/mol. The first-order valence-corrected chi connectivity index (χ1v) is 6.33. The second-order valence-corrected chi connectivity index (χ2v) is 5.98. The zero-order chi connectivity index (χ0) is 12.2. The van der Waals surface area contributed by atoms with Crippen LogP contribution in [0.1, 0.15) is 52.9 Å². The van der Waals surface area contributed by atoms with Gasteiger partial charge in [-0.1, -0.05) is 40.0 Å². The van der Waals surface area contributed by atoms with Crippen LogP contribution >= 0.6 is 0 Å². The van der Waals surface area contributed by atoms with E-state index in [0.717, 1.165) is 0 Å². The van der Waals surface area contributed by atoms with Gasteiger partial charge in [-0.15, -0.1) is 0 Å². The van der Waals surface area contributed by atoms with Gasteiger partial charge in [-0.3, -0.25) is 4.79 Å². The molecule has 1 aliphatic carbocycles. The minimum absolute atomic E-state index is 0.219. The highest BCUT2D eigenvalue weighted by molar-refractivity contribution is 5.76. The minimum atomic E-state index is -0.518. The number of nitrogens with two attached hydrogens (primary N) is 1. The van der Waals surface area contributed by atoms with E-state index in [-0.39, 0.29) is 11.4 Å². The molecule has 0 unspecified atom stereocenters. The Kier molecular flexibility index (Phi) is 4.78. The van der Waals surface area contributed by atoms with Crippen LogP contribution in [0.5, 0.6) is 0 Å². The number of rotatable bonds is 3. The lowest BCUT2D eigenvalue weighted by Crippen LogP contribution is -2.43. The van der Waals surface area contributed by atoms with Crippen molar-refractivity contribution in [2.24, 2.45) is 17.1 Å². The molecule has 0 heterocycles. The summed E-state index contributed by atoms with van der Waals surface area (Å²) in [4.78, 5) is 11.7. The average Bonchev–Trinajstić information content (AvgIpc) is 2.25. The molecule has 0 aromatic heterocycles. The van der Waals surface area contributed by atoms with Crippen LogP contribution in [0, 0.1) is 11.3 Å². The van der Waals surface area contributed by atoms with Crippen molar-refractivity contribution in [3.63, 3.8) is 0 Å². The Bertz CT molecular complexity index is 227. The van der Waals surface area contributed by atoms with E-state index in [2.05, 4.69) is 0 Å². The van der Waals surface area contributed by atoms with E-state index in [1.807, 2.05) is 20.8 Å². The maximum Gasteiger partial charge on any atom is 0.323 e. The summed E-state index contributed by atoms with van der Waals surface area (Å²) < 4.78 is 5.31. The van der Waals surface area contributed by atoms with Crippen molar-refractivity contribution in [3.8, 4) is 0 Å². The smallest absolute Gasteiger partial charge is 0.323 e. The molecule has 0 aromatic carbocycles. The van der Waals surface area contributed by atoms with E-state index in [0.29, 0.717) is 12.5 Å². The number of ether oxygens (including phenoxy) is 1. The van der Waals surface area contributed by atoms with Crippen LogP contribution in [0.4, 0.5) is 0 Å². The lowest BCUT2D eigenvalue weighted by atomic mass is 9.87. The maximum atomic E-state index is 11.7. The highest BCUT2D eigenvalue weighted by Gasteiger charge is 2.29. The largest absolute Gasteiger partial charge is 0.464 e. The predicted molar refractivity (Wildman–Crippen MR) is 65.0 cm³/mol. The highest BCUT2D eigenvalue weighted by Crippen LogP contribution is 2.24. The Balaban J connectivity index is 2.29. The van der Waals surface area contributed by atoms with Gasteiger partial charge in [0.05, 0.1) is 6.61 Å². The van der Waals surface area contributed by atoms with Gasteiger partial charge in [0.2, 0.25) is 0 Å². The van der Waals surface area contributed by atoms with Gasteiger partial charge in [0.1, 0.15) is 6.04 Å². The first-order valence-electron chi connectivity index (χ1n) is 6.33. The standard InChI is InChI=1S/C13H25NO2/c1-13(2,3)11(14)12(15)16-9-10-7-5-4-6-8-10/h10-11H,4-9,14H2,1-3H3/t11-/m1/s1. The first-order chi connectivity index (χ1) is 7.41. The highest BCUT2D eigenvalue weighted by atomic mass is 16.5. The van der Waals surface area contributed by atoms with Crippen molar-refractivity contribution in [1.82, 2.24) is 0 Å². The molecule has 0 spiro atoms. The van der Waals surface area contributed by atoms with Crippen molar-refractivity contribution in [2.45, 2.75) is 58.9 Å². The van der Waals surface area contributed by atoms with E-state index in [1.165, 1.54) is 32.1 Å². The molecule has 3 nitrogen and oxygen atoms in total. The van der Waals surface area contributed by atoms with Gasteiger partial charge in [0, 0.05) is 0 Å². The summed E-state index contributed by atoms with van der Waals surface area (Å²) in [6.45, 7) is 6.43. The van der Waals surface area contributed by atoms with Gasteiger partial charge in [0.15, 0.2) is 0 Å². The number of carbonyl (C=O) groups is 1. The van der Waals surface area contributed by atoms with Crippen LogP contribution in [-0.2, 0) is 9.53 Å². The Labute approximate surface area is 98.7 Å². The lowest BCUT2D eigenvalue weighted by molar-refractivity contribution is -0.149. The third-order valence-electron chi connectivity index (χ3n) is 3.37. The molecule has 0 saturated heterocycles. The number of hydrogen-bond acceptors (Lipinski definition) is 3. The molecule has 3 heteroatoms. The lowest BCUT2D eigenvalue weighted by Gasteiger charge is -2.27. The molecule has 16 heavy (non-hydrogen) atoms. The monoisotopic (exact) mass is 227 g/mol. The zero-order valence-electron chi connectivity index (χ0n) is 10.8. The van der Waals surface area contributed by atoms with Crippen LogP contribution in [0.15, 0.2) is 0 Å². The van der Waals surface area contributed by atoms with E-state index in [4.69, 9.17) is 10.5 Å². The minimum Gasteiger partial charge on any atom is -0.464 e. The molecular weight excluding hydrogens is 202 g/mol. The van der Waals surface area contributed by atoms with Crippen molar-refractivity contribution < 1.29 is 9.53 Å². The summed E-state index contributed by atoms with van der Waals surface area (Å²) in [7, 11) is 0. The van der Waals surface area contributed by atoms with Gasteiger partial charge >= 0.3 is 5.97 Å². The van der Waals surface area contributed by atoms with Crippen molar-refractivity contribution in [1.29, 1.82) is 0 Å². The van der Waals surface area contributed by atoms with Gasteiger partial charge in [-0.05, 0) is 24.2 Å². The second kappa shape index (κ2) is 5.67. The molecule has 1 rings (SSSR count). The third kappa shape index (κ3) is 4.12.